The monoisotopic (exact) mass is 238 g/mol. The van der Waals surface area contributed by atoms with Crippen LogP contribution in [0.4, 0.5) is 5.13 Å². The highest BCUT2D eigenvalue weighted by Crippen LogP contribution is 2.17. The zero-order valence-electron chi connectivity index (χ0n) is 9.52. The Hall–Kier alpha value is -1.43. The number of aryl methyl sites for hydroxylation is 1. The molecular weight excluding hydrogens is 224 g/mol. The highest BCUT2D eigenvalue weighted by molar-refractivity contribution is 7.09. The van der Waals surface area contributed by atoms with Crippen molar-refractivity contribution in [2.75, 3.05) is 5.32 Å². The average Bonchev–Trinajstić information content (AvgIpc) is 2.83. The maximum Gasteiger partial charge on any atom is 0.213 e. The second-order valence-corrected chi connectivity index (χ2v) is 4.58. The fraction of sp³-hybridized carbons (Fsp3) is 0.500. The highest BCUT2D eigenvalue weighted by atomic mass is 32.1. The lowest BCUT2D eigenvalue weighted by atomic mass is 10.2. The maximum absolute atomic E-state index is 5.34. The summed E-state index contributed by atoms with van der Waals surface area (Å²) < 4.78 is 9.59. The third kappa shape index (κ3) is 2.57. The van der Waals surface area contributed by atoms with Crippen molar-refractivity contribution in [3.8, 4) is 0 Å². The first-order valence-electron chi connectivity index (χ1n) is 5.14. The summed E-state index contributed by atoms with van der Waals surface area (Å²) in [6, 6.07) is 0. The van der Waals surface area contributed by atoms with Crippen molar-refractivity contribution in [3.05, 3.63) is 23.7 Å². The zero-order valence-corrected chi connectivity index (χ0v) is 10.3. The molecule has 0 saturated carbocycles. The standard InChI is InChI=1S/C10H14N4OS/c1-6(2)9-13-10(16-14-9)12-5-8-11-4-7(3)15-8/h4,6H,5H2,1-3H3,(H,12,13,14). The predicted octanol–water partition coefficient (Wildman–Crippen LogP) is 2.57. The summed E-state index contributed by atoms with van der Waals surface area (Å²) in [5.74, 6) is 2.71. The lowest BCUT2D eigenvalue weighted by Crippen LogP contribution is -1.99. The van der Waals surface area contributed by atoms with E-state index in [0.29, 0.717) is 18.4 Å². The Balaban J connectivity index is 1.94. The first-order valence-corrected chi connectivity index (χ1v) is 5.91. The van der Waals surface area contributed by atoms with E-state index < -0.39 is 0 Å². The van der Waals surface area contributed by atoms with Crippen LogP contribution in [0.5, 0.6) is 0 Å². The van der Waals surface area contributed by atoms with Gasteiger partial charge in [-0.3, -0.25) is 0 Å². The van der Waals surface area contributed by atoms with E-state index in [1.165, 1.54) is 11.5 Å². The Morgan fingerprint density at radius 2 is 2.31 bits per heavy atom. The van der Waals surface area contributed by atoms with Gasteiger partial charge in [0.05, 0.1) is 12.7 Å². The molecule has 1 N–H and O–H groups in total. The molecule has 0 atom stereocenters. The summed E-state index contributed by atoms with van der Waals surface area (Å²) in [7, 11) is 0. The van der Waals surface area contributed by atoms with Crippen LogP contribution in [0.25, 0.3) is 0 Å². The average molecular weight is 238 g/mol. The summed E-state index contributed by atoms with van der Waals surface area (Å²) in [5, 5.41) is 3.94. The number of rotatable bonds is 4. The van der Waals surface area contributed by atoms with Gasteiger partial charge < -0.3 is 9.73 Å². The van der Waals surface area contributed by atoms with E-state index in [2.05, 4.69) is 33.5 Å². The van der Waals surface area contributed by atoms with Crippen molar-refractivity contribution in [2.24, 2.45) is 0 Å². The van der Waals surface area contributed by atoms with E-state index in [0.717, 1.165) is 16.7 Å². The van der Waals surface area contributed by atoms with Crippen molar-refractivity contribution in [3.63, 3.8) is 0 Å². The van der Waals surface area contributed by atoms with Crippen LogP contribution < -0.4 is 5.32 Å². The van der Waals surface area contributed by atoms with Crippen LogP contribution in [0, 0.1) is 6.92 Å². The lowest BCUT2D eigenvalue weighted by Gasteiger charge is -1.97. The van der Waals surface area contributed by atoms with E-state index in [-0.39, 0.29) is 0 Å². The van der Waals surface area contributed by atoms with Crippen LogP contribution in [0.15, 0.2) is 10.6 Å². The Morgan fingerprint density at radius 3 is 2.88 bits per heavy atom. The molecule has 0 spiro atoms. The molecule has 0 aliphatic rings. The maximum atomic E-state index is 5.34. The van der Waals surface area contributed by atoms with E-state index in [9.17, 15) is 0 Å². The molecule has 0 saturated heterocycles. The van der Waals surface area contributed by atoms with Crippen LogP contribution >= 0.6 is 11.5 Å². The van der Waals surface area contributed by atoms with Crippen molar-refractivity contribution in [1.29, 1.82) is 0 Å². The fourth-order valence-corrected chi connectivity index (χ4v) is 1.88. The largest absolute Gasteiger partial charge is 0.444 e. The molecule has 0 fully saturated rings. The molecule has 86 valence electrons. The second-order valence-electron chi connectivity index (χ2n) is 3.83. The normalized spacial score (nSPS) is 11.0. The van der Waals surface area contributed by atoms with Crippen molar-refractivity contribution < 1.29 is 4.42 Å². The molecule has 2 aromatic rings. The summed E-state index contributed by atoms with van der Waals surface area (Å²) in [6.45, 7) is 6.56. The number of hydrogen-bond donors (Lipinski definition) is 1. The van der Waals surface area contributed by atoms with Crippen LogP contribution in [0.1, 0.15) is 37.2 Å². The van der Waals surface area contributed by atoms with E-state index in [1.54, 1.807) is 6.20 Å². The third-order valence-electron chi connectivity index (χ3n) is 2.02. The van der Waals surface area contributed by atoms with Crippen molar-refractivity contribution >= 4 is 16.7 Å². The number of anilines is 1. The lowest BCUT2D eigenvalue weighted by molar-refractivity contribution is 0.479. The van der Waals surface area contributed by atoms with Gasteiger partial charge in [-0.05, 0) is 6.92 Å². The Bertz CT molecular complexity index is 463. The molecule has 0 amide bonds. The van der Waals surface area contributed by atoms with Gasteiger partial charge in [0.25, 0.3) is 0 Å². The molecule has 2 heterocycles. The number of oxazole rings is 1. The zero-order chi connectivity index (χ0) is 11.5. The van der Waals surface area contributed by atoms with Gasteiger partial charge >= 0.3 is 0 Å². The van der Waals surface area contributed by atoms with Crippen molar-refractivity contribution in [2.45, 2.75) is 33.2 Å². The third-order valence-corrected chi connectivity index (χ3v) is 2.71. The minimum atomic E-state index is 0.357. The SMILES string of the molecule is Cc1cnc(CNc2nc(C(C)C)ns2)o1. The van der Waals surface area contributed by atoms with Gasteiger partial charge in [0, 0.05) is 17.5 Å². The van der Waals surface area contributed by atoms with Crippen LogP contribution in [0.2, 0.25) is 0 Å². The Labute approximate surface area is 98.1 Å². The molecule has 0 bridgehead atoms. The second kappa shape index (κ2) is 4.61. The smallest absolute Gasteiger partial charge is 0.213 e. The minimum absolute atomic E-state index is 0.357. The topological polar surface area (TPSA) is 63.8 Å². The predicted molar refractivity (Wildman–Crippen MR) is 62.6 cm³/mol. The molecule has 2 rings (SSSR count). The van der Waals surface area contributed by atoms with E-state index in [1.807, 2.05) is 6.92 Å². The van der Waals surface area contributed by atoms with Gasteiger partial charge in [-0.25, -0.2) is 9.97 Å². The number of hydrogen-bond acceptors (Lipinski definition) is 6. The van der Waals surface area contributed by atoms with Gasteiger partial charge in [-0.2, -0.15) is 4.37 Å². The quantitative estimate of drug-likeness (QED) is 0.886. The molecule has 0 radical (unpaired) electrons. The van der Waals surface area contributed by atoms with E-state index in [4.69, 9.17) is 4.42 Å². The molecule has 5 nitrogen and oxygen atoms in total. The highest BCUT2D eigenvalue weighted by Gasteiger charge is 2.08. The first kappa shape index (κ1) is 11.1. The summed E-state index contributed by atoms with van der Waals surface area (Å²) in [5.41, 5.74) is 0. The van der Waals surface area contributed by atoms with Gasteiger partial charge in [-0.15, -0.1) is 0 Å². The molecule has 16 heavy (non-hydrogen) atoms. The van der Waals surface area contributed by atoms with Crippen LogP contribution in [-0.4, -0.2) is 14.3 Å². The Morgan fingerprint density at radius 1 is 1.50 bits per heavy atom. The first-order chi connectivity index (χ1) is 7.65. The van der Waals surface area contributed by atoms with Gasteiger partial charge in [0.1, 0.15) is 11.6 Å². The fourth-order valence-electron chi connectivity index (χ4n) is 1.18. The summed E-state index contributed by atoms with van der Waals surface area (Å²) in [6.07, 6.45) is 1.71. The number of nitrogens with one attached hydrogen (secondary N) is 1. The van der Waals surface area contributed by atoms with Crippen LogP contribution in [0.3, 0.4) is 0 Å². The summed E-state index contributed by atoms with van der Waals surface area (Å²) >= 11 is 1.36. The molecule has 0 aromatic carbocycles. The number of aromatic nitrogens is 3. The molecular formula is C10H14N4OS. The molecule has 0 unspecified atom stereocenters. The summed E-state index contributed by atoms with van der Waals surface area (Å²) in [4.78, 5) is 8.46. The number of nitrogens with zero attached hydrogens (tertiary/aromatic N) is 3. The van der Waals surface area contributed by atoms with Gasteiger partial charge in [0.2, 0.25) is 11.0 Å². The van der Waals surface area contributed by atoms with Gasteiger partial charge in [0.15, 0.2) is 0 Å². The Kier molecular flexibility index (Phi) is 3.19. The molecule has 0 aliphatic carbocycles. The van der Waals surface area contributed by atoms with Crippen molar-refractivity contribution in [1.82, 2.24) is 14.3 Å². The van der Waals surface area contributed by atoms with Crippen LogP contribution in [-0.2, 0) is 6.54 Å². The van der Waals surface area contributed by atoms with E-state index >= 15 is 0 Å². The van der Waals surface area contributed by atoms with Gasteiger partial charge in [-0.1, -0.05) is 13.8 Å². The molecule has 0 aliphatic heterocycles. The molecule has 6 heteroatoms. The molecule has 2 aromatic heterocycles. The minimum Gasteiger partial charge on any atom is -0.444 e.